The molecule has 0 aliphatic carbocycles. The molecular formula is C10H18N2NaOSi2. The van der Waals surface area contributed by atoms with Gasteiger partial charge in [-0.05, 0) is 32.9 Å². The van der Waals surface area contributed by atoms with Crippen LogP contribution in [-0.4, -0.2) is 74.7 Å². The maximum absolute atomic E-state index is 12.1. The molecule has 0 atom stereocenters. The maximum Gasteiger partial charge on any atom is 0.216 e. The molecule has 0 unspecified atom stereocenters. The Morgan fingerprint density at radius 2 is 1.75 bits per heavy atom. The summed E-state index contributed by atoms with van der Waals surface area (Å²) in [5.74, 6) is 0. The number of carbonyl (C=O) groups is 1. The average molecular weight is 261 g/mol. The van der Waals surface area contributed by atoms with Gasteiger partial charge in [0, 0.05) is 49.3 Å². The van der Waals surface area contributed by atoms with Crippen molar-refractivity contribution in [2.45, 2.75) is 20.8 Å². The molecule has 1 rings (SSSR count). The minimum absolute atomic E-state index is 0. The number of nitrogens with zero attached hydrogens (tertiary/aromatic N) is 2. The van der Waals surface area contributed by atoms with Crippen molar-refractivity contribution in [1.29, 1.82) is 0 Å². The number of hydrogen-bond acceptors (Lipinski definition) is 2. The van der Waals surface area contributed by atoms with E-state index in [4.69, 9.17) is 0 Å². The van der Waals surface area contributed by atoms with E-state index in [0.717, 1.165) is 5.69 Å². The Hall–Kier alpha value is 0.314. The third-order valence-electron chi connectivity index (χ3n) is 2.80. The van der Waals surface area contributed by atoms with E-state index in [9.17, 15) is 4.79 Å². The number of aryl methyl sites for hydroxylation is 2. The zero-order chi connectivity index (χ0) is 11.7. The monoisotopic (exact) mass is 261 g/mol. The average Bonchev–Trinajstić information content (AvgIpc) is 2.14. The van der Waals surface area contributed by atoms with Crippen molar-refractivity contribution in [1.82, 2.24) is 9.54 Å². The Morgan fingerprint density at radius 1 is 1.25 bits per heavy atom. The Balaban J connectivity index is 0.00000225. The fraction of sp³-hybridized carbons (Fsp3) is 0.600. The van der Waals surface area contributed by atoms with Crippen LogP contribution in [0.1, 0.15) is 16.4 Å². The third-order valence-corrected chi connectivity index (χ3v) is 10.5. The van der Waals surface area contributed by atoms with Crippen molar-refractivity contribution in [2.24, 2.45) is 6.55 Å². The van der Waals surface area contributed by atoms with Crippen molar-refractivity contribution < 1.29 is 4.79 Å². The van der Waals surface area contributed by atoms with Crippen molar-refractivity contribution in [3.63, 3.8) is 0 Å². The molecule has 1 heterocycles. The molecule has 0 N–H and O–H groups in total. The van der Waals surface area contributed by atoms with E-state index in [1.165, 1.54) is 10.7 Å². The van der Waals surface area contributed by atoms with Crippen LogP contribution in [0.25, 0.3) is 0 Å². The van der Waals surface area contributed by atoms with Crippen LogP contribution in [0.4, 0.5) is 4.79 Å². The number of rotatable bonds is 1. The first-order valence-electron chi connectivity index (χ1n) is 5.02. The second kappa shape index (κ2) is 6.30. The van der Waals surface area contributed by atoms with Gasteiger partial charge in [-0.2, -0.15) is 0 Å². The summed E-state index contributed by atoms with van der Waals surface area (Å²) < 4.78 is 4.66. The number of aromatic nitrogens is 1. The van der Waals surface area contributed by atoms with E-state index in [0.29, 0.717) is 5.53 Å². The van der Waals surface area contributed by atoms with Crippen LogP contribution < -0.4 is 0 Å². The standard InChI is InChI=1S/C10H18N2OSi2.Na/c1-7-8(2)11-14(6)15(9(7)3)10(13)12(4)5;/h1-6H3;. The Morgan fingerprint density at radius 3 is 2.19 bits per heavy atom. The smallest absolute Gasteiger partial charge is 0.216 e. The normalized spacial score (nSPS) is 9.62. The largest absolute Gasteiger partial charge is 0.350 e. The summed E-state index contributed by atoms with van der Waals surface area (Å²) in [6, 6.07) is 0. The molecule has 6 heteroatoms. The van der Waals surface area contributed by atoms with Crippen molar-refractivity contribution in [3.05, 3.63) is 16.4 Å². The second-order valence-electron chi connectivity index (χ2n) is 4.11. The molecule has 1 radical (unpaired) electrons. The van der Waals surface area contributed by atoms with Gasteiger partial charge in [0.15, 0.2) is 7.90 Å². The van der Waals surface area contributed by atoms with Crippen LogP contribution in [0.15, 0.2) is 0 Å². The molecule has 0 aliphatic rings. The topological polar surface area (TPSA) is 33.2 Å². The fourth-order valence-corrected chi connectivity index (χ4v) is 9.25. The number of hydrogen-bond donors (Lipinski definition) is 0. The first-order chi connectivity index (χ1) is 6.86. The van der Waals surface area contributed by atoms with Gasteiger partial charge in [-0.3, -0.25) is 4.79 Å². The summed E-state index contributed by atoms with van der Waals surface area (Å²) in [5.41, 5.74) is 2.66. The van der Waals surface area contributed by atoms with Crippen LogP contribution in [0.3, 0.4) is 0 Å². The SMILES string of the molecule is Cc1n[si](C)[si](C(=O)N(C)C)c(C)c1C.[Na]. The molecule has 1 amide bonds. The summed E-state index contributed by atoms with van der Waals surface area (Å²) >= 11 is 0. The van der Waals surface area contributed by atoms with E-state index < -0.39 is 16.0 Å². The van der Waals surface area contributed by atoms with Crippen molar-refractivity contribution >= 4 is 51.1 Å². The molecule has 0 aromatic carbocycles. The summed E-state index contributed by atoms with van der Waals surface area (Å²) in [6.45, 7) is 8.39. The van der Waals surface area contributed by atoms with E-state index in [-0.39, 0.29) is 29.6 Å². The molecule has 3 nitrogen and oxygen atoms in total. The molecular weight excluding hydrogens is 243 g/mol. The van der Waals surface area contributed by atoms with Crippen LogP contribution in [0.5, 0.6) is 0 Å². The Labute approximate surface area is 122 Å². The van der Waals surface area contributed by atoms with Gasteiger partial charge in [-0.1, -0.05) is 5.17 Å². The minimum atomic E-state index is -1.08. The van der Waals surface area contributed by atoms with Crippen LogP contribution in [0.2, 0.25) is 0 Å². The van der Waals surface area contributed by atoms with E-state index >= 15 is 0 Å². The summed E-state index contributed by atoms with van der Waals surface area (Å²) in [5, 5.41) is 1.31. The van der Waals surface area contributed by atoms with Gasteiger partial charge < -0.3 is 9.54 Å². The predicted octanol–water partition coefficient (Wildman–Crippen LogP) is 0.744. The minimum Gasteiger partial charge on any atom is -0.350 e. The van der Waals surface area contributed by atoms with Gasteiger partial charge in [0.1, 0.15) is 8.07 Å². The molecule has 83 valence electrons. The molecule has 0 spiro atoms. The fourth-order valence-electron chi connectivity index (χ4n) is 1.66. The second-order valence-corrected chi connectivity index (χ2v) is 11.1. The van der Waals surface area contributed by atoms with Crippen LogP contribution >= 0.6 is 0 Å². The van der Waals surface area contributed by atoms with Gasteiger partial charge in [0.05, 0.1) is 0 Å². The van der Waals surface area contributed by atoms with Gasteiger partial charge in [0.2, 0.25) is 5.53 Å². The van der Waals surface area contributed by atoms with E-state index in [1.807, 2.05) is 21.0 Å². The molecule has 0 fully saturated rings. The predicted molar refractivity (Wildman–Crippen MR) is 71.6 cm³/mol. The first-order valence-corrected chi connectivity index (χ1v) is 9.47. The van der Waals surface area contributed by atoms with Gasteiger partial charge in [0.25, 0.3) is 0 Å². The van der Waals surface area contributed by atoms with Crippen LogP contribution in [0, 0.1) is 20.8 Å². The molecule has 0 saturated heterocycles. The zero-order valence-corrected chi connectivity index (χ0v) is 15.3. The molecule has 0 aliphatic heterocycles. The Kier molecular flexibility index (Phi) is 6.43. The molecule has 1 aromatic rings. The summed E-state index contributed by atoms with van der Waals surface area (Å²) in [4.78, 5) is 13.8. The quantitative estimate of drug-likeness (QED) is 0.699. The summed E-state index contributed by atoms with van der Waals surface area (Å²) in [6.07, 6.45) is 0. The summed E-state index contributed by atoms with van der Waals surface area (Å²) in [7, 11) is 1.73. The Bertz CT molecular complexity index is 422. The third kappa shape index (κ3) is 3.16. The molecule has 16 heavy (non-hydrogen) atoms. The first kappa shape index (κ1) is 16.3. The van der Waals surface area contributed by atoms with Gasteiger partial charge in [-0.25, -0.2) is 0 Å². The van der Waals surface area contributed by atoms with Crippen molar-refractivity contribution in [3.8, 4) is 0 Å². The molecule has 1 aromatic heterocycles. The van der Waals surface area contributed by atoms with Crippen molar-refractivity contribution in [2.75, 3.05) is 14.1 Å². The van der Waals surface area contributed by atoms with E-state index in [2.05, 4.69) is 25.0 Å². The number of amides is 1. The van der Waals surface area contributed by atoms with Gasteiger partial charge in [-0.15, -0.1) is 0 Å². The maximum atomic E-state index is 12.1. The number of carbonyl (C=O) groups excluding carboxylic acids is 1. The zero-order valence-electron chi connectivity index (χ0n) is 11.3. The van der Waals surface area contributed by atoms with Crippen LogP contribution in [-0.2, 0) is 6.55 Å². The van der Waals surface area contributed by atoms with E-state index in [1.54, 1.807) is 4.90 Å². The van der Waals surface area contributed by atoms with Gasteiger partial charge >= 0.3 is 0 Å². The molecule has 0 saturated carbocycles. The molecule has 0 bridgehead atoms.